The van der Waals surface area contributed by atoms with Gasteiger partial charge >= 0.3 is 12.3 Å². The molecule has 2 N–H and O–H groups in total. The van der Waals surface area contributed by atoms with Crippen molar-refractivity contribution in [2.75, 3.05) is 31.5 Å². The minimum atomic E-state index is -4.53. The van der Waals surface area contributed by atoms with Crippen LogP contribution in [-0.4, -0.2) is 48.7 Å². The Balaban J connectivity index is 1.85. The van der Waals surface area contributed by atoms with E-state index in [1.807, 2.05) is 4.90 Å². The molecule has 1 saturated heterocycles. The Morgan fingerprint density at radius 2 is 1.90 bits per heavy atom. The third-order valence-corrected chi connectivity index (χ3v) is 4.41. The lowest BCUT2D eigenvalue weighted by Gasteiger charge is -2.32. The smallest absolute Gasteiger partial charge is 0.418 e. The lowest BCUT2D eigenvalue weighted by molar-refractivity contribution is -0.137. The maximum Gasteiger partial charge on any atom is 0.418 e. The second-order valence-corrected chi connectivity index (χ2v) is 8.22. The summed E-state index contributed by atoms with van der Waals surface area (Å²) in [6.45, 7) is 7.01. The number of hydrogen-bond acceptors (Lipinski definition) is 4. The first kappa shape index (κ1) is 23.0. The number of nitrogens with one attached hydrogen (secondary N) is 2. The number of benzene rings is 1. The zero-order valence-electron chi connectivity index (χ0n) is 16.9. The summed E-state index contributed by atoms with van der Waals surface area (Å²) in [5, 5.41) is 5.10. The number of amides is 2. The predicted molar refractivity (Wildman–Crippen MR) is 103 cm³/mol. The third kappa shape index (κ3) is 7.92. The van der Waals surface area contributed by atoms with Gasteiger partial charge in [-0.3, -0.25) is 9.69 Å². The molecule has 1 aliphatic rings. The molecule has 1 aromatic rings. The van der Waals surface area contributed by atoms with Gasteiger partial charge in [0.2, 0.25) is 5.91 Å². The fourth-order valence-corrected chi connectivity index (χ4v) is 3.24. The summed E-state index contributed by atoms with van der Waals surface area (Å²) in [7, 11) is 0. The molecule has 1 atom stereocenters. The first-order chi connectivity index (χ1) is 13.4. The van der Waals surface area contributed by atoms with Crippen molar-refractivity contribution in [2.24, 2.45) is 5.92 Å². The van der Waals surface area contributed by atoms with Crippen LogP contribution < -0.4 is 10.6 Å². The van der Waals surface area contributed by atoms with Gasteiger partial charge in [-0.15, -0.1) is 0 Å². The second-order valence-electron chi connectivity index (χ2n) is 8.22. The number of carbonyl (C=O) groups excluding carboxylic acids is 2. The Morgan fingerprint density at radius 1 is 1.21 bits per heavy atom. The fourth-order valence-electron chi connectivity index (χ4n) is 3.24. The number of para-hydroxylation sites is 1. The zero-order chi connectivity index (χ0) is 21.7. The lowest BCUT2D eigenvalue weighted by Crippen LogP contribution is -2.44. The monoisotopic (exact) mass is 415 g/mol. The van der Waals surface area contributed by atoms with Gasteiger partial charge in [0.15, 0.2) is 0 Å². The van der Waals surface area contributed by atoms with Crippen LogP contribution in [0.25, 0.3) is 0 Å². The minimum Gasteiger partial charge on any atom is -0.444 e. The number of alkyl carbamates (subject to hydrolysis) is 1. The maximum absolute atomic E-state index is 13.1. The number of piperidine rings is 1. The molecule has 2 rings (SSSR count). The topological polar surface area (TPSA) is 70.7 Å². The average Bonchev–Trinajstić information content (AvgIpc) is 2.58. The van der Waals surface area contributed by atoms with E-state index in [0.29, 0.717) is 19.6 Å². The molecule has 6 nitrogen and oxygen atoms in total. The van der Waals surface area contributed by atoms with Crippen LogP contribution in [0.2, 0.25) is 0 Å². The van der Waals surface area contributed by atoms with Crippen molar-refractivity contribution in [1.29, 1.82) is 0 Å². The number of rotatable bonds is 5. The van der Waals surface area contributed by atoms with Crippen LogP contribution in [0.5, 0.6) is 0 Å². The van der Waals surface area contributed by atoms with Crippen LogP contribution in [0.15, 0.2) is 24.3 Å². The molecule has 1 unspecified atom stereocenters. The molecule has 1 aliphatic heterocycles. The number of halogens is 3. The maximum atomic E-state index is 13.1. The summed E-state index contributed by atoms with van der Waals surface area (Å²) >= 11 is 0. The summed E-state index contributed by atoms with van der Waals surface area (Å²) < 4.78 is 44.4. The molecular formula is C20H28F3N3O3. The van der Waals surface area contributed by atoms with Crippen molar-refractivity contribution in [3.63, 3.8) is 0 Å². The predicted octanol–water partition coefficient (Wildman–Crippen LogP) is 3.88. The molecule has 1 heterocycles. The van der Waals surface area contributed by atoms with Gasteiger partial charge < -0.3 is 15.4 Å². The van der Waals surface area contributed by atoms with Gasteiger partial charge in [-0.05, 0) is 58.2 Å². The Hall–Kier alpha value is -2.29. The Kier molecular flexibility index (Phi) is 7.51. The number of likely N-dealkylation sites (tertiary alicyclic amines) is 1. The zero-order valence-corrected chi connectivity index (χ0v) is 16.9. The van der Waals surface area contributed by atoms with E-state index in [1.165, 1.54) is 18.2 Å². The number of hydrogen-bond donors (Lipinski definition) is 2. The minimum absolute atomic E-state index is 0.00483. The highest BCUT2D eigenvalue weighted by Crippen LogP contribution is 2.34. The van der Waals surface area contributed by atoms with Gasteiger partial charge in [-0.1, -0.05) is 12.1 Å². The second kappa shape index (κ2) is 9.47. The molecule has 1 fully saturated rings. The van der Waals surface area contributed by atoms with Gasteiger partial charge in [0, 0.05) is 13.1 Å². The molecule has 0 aromatic heterocycles. The number of alkyl halides is 3. The highest BCUT2D eigenvalue weighted by Gasteiger charge is 2.33. The third-order valence-electron chi connectivity index (χ3n) is 4.41. The van der Waals surface area contributed by atoms with Crippen LogP contribution >= 0.6 is 0 Å². The van der Waals surface area contributed by atoms with Gasteiger partial charge in [0.1, 0.15) is 5.60 Å². The van der Waals surface area contributed by atoms with Gasteiger partial charge in [-0.25, -0.2) is 4.79 Å². The van der Waals surface area contributed by atoms with Crippen LogP contribution in [-0.2, 0) is 15.7 Å². The van der Waals surface area contributed by atoms with Crippen molar-refractivity contribution in [3.8, 4) is 0 Å². The highest BCUT2D eigenvalue weighted by molar-refractivity contribution is 5.93. The lowest BCUT2D eigenvalue weighted by atomic mass is 9.98. The van der Waals surface area contributed by atoms with E-state index in [-0.39, 0.29) is 18.2 Å². The fraction of sp³-hybridized carbons (Fsp3) is 0.600. The number of nitrogens with zero attached hydrogens (tertiary/aromatic N) is 1. The molecule has 0 bridgehead atoms. The van der Waals surface area contributed by atoms with Crippen molar-refractivity contribution in [1.82, 2.24) is 10.2 Å². The molecule has 1 aromatic carbocycles. The molecule has 0 radical (unpaired) electrons. The molecule has 2 amide bonds. The van der Waals surface area contributed by atoms with Crippen molar-refractivity contribution >= 4 is 17.7 Å². The summed E-state index contributed by atoms with van der Waals surface area (Å²) in [4.78, 5) is 25.9. The van der Waals surface area contributed by atoms with E-state index in [2.05, 4.69) is 10.6 Å². The van der Waals surface area contributed by atoms with Gasteiger partial charge in [0.25, 0.3) is 0 Å². The number of anilines is 1. The SMILES string of the molecule is CC(C)(C)OC(=O)NCC1CCCN(CC(=O)Nc2ccccc2C(F)(F)F)C1. The Bertz CT molecular complexity index is 717. The number of carbonyl (C=O) groups is 2. The largest absolute Gasteiger partial charge is 0.444 e. The van der Waals surface area contributed by atoms with Gasteiger partial charge in [-0.2, -0.15) is 13.2 Å². The standard InChI is InChI=1S/C20H28F3N3O3/c1-19(2,3)29-18(28)24-11-14-7-6-10-26(12-14)13-17(27)25-16-9-5-4-8-15(16)20(21,22)23/h4-5,8-9,14H,6-7,10-13H2,1-3H3,(H,24,28)(H,25,27). The number of ether oxygens (including phenoxy) is 1. The van der Waals surface area contributed by atoms with Crippen molar-refractivity contribution in [3.05, 3.63) is 29.8 Å². The first-order valence-electron chi connectivity index (χ1n) is 9.59. The van der Waals surface area contributed by atoms with Crippen LogP contribution in [0.4, 0.5) is 23.7 Å². The van der Waals surface area contributed by atoms with E-state index in [9.17, 15) is 22.8 Å². The van der Waals surface area contributed by atoms with E-state index in [0.717, 1.165) is 18.9 Å². The van der Waals surface area contributed by atoms with Crippen LogP contribution in [0.1, 0.15) is 39.2 Å². The van der Waals surface area contributed by atoms with E-state index in [4.69, 9.17) is 4.74 Å². The molecule has 9 heteroatoms. The summed E-state index contributed by atoms with van der Waals surface area (Å²) in [5.74, 6) is -0.353. The van der Waals surface area contributed by atoms with E-state index < -0.39 is 29.3 Å². The summed E-state index contributed by atoms with van der Waals surface area (Å²) in [6, 6.07) is 4.91. The van der Waals surface area contributed by atoms with Crippen LogP contribution in [0.3, 0.4) is 0 Å². The van der Waals surface area contributed by atoms with Crippen molar-refractivity contribution in [2.45, 2.75) is 45.4 Å². The normalized spacial score (nSPS) is 18.2. The van der Waals surface area contributed by atoms with E-state index in [1.54, 1.807) is 20.8 Å². The average molecular weight is 415 g/mol. The molecule has 0 saturated carbocycles. The van der Waals surface area contributed by atoms with Gasteiger partial charge in [0.05, 0.1) is 17.8 Å². The Labute approximate surface area is 168 Å². The summed E-state index contributed by atoms with van der Waals surface area (Å²) in [5.41, 5.74) is -1.69. The molecular weight excluding hydrogens is 387 g/mol. The van der Waals surface area contributed by atoms with E-state index >= 15 is 0 Å². The van der Waals surface area contributed by atoms with Crippen molar-refractivity contribution < 1.29 is 27.5 Å². The van der Waals surface area contributed by atoms with Crippen LogP contribution in [0, 0.1) is 5.92 Å². The first-order valence-corrected chi connectivity index (χ1v) is 9.59. The summed E-state index contributed by atoms with van der Waals surface area (Å²) in [6.07, 6.45) is -3.29. The molecule has 29 heavy (non-hydrogen) atoms. The Morgan fingerprint density at radius 3 is 2.55 bits per heavy atom. The molecule has 0 aliphatic carbocycles. The molecule has 162 valence electrons. The quantitative estimate of drug-likeness (QED) is 0.766. The molecule has 0 spiro atoms. The highest BCUT2D eigenvalue weighted by atomic mass is 19.4.